The first kappa shape index (κ1) is 17.1. The molecule has 1 aromatic rings. The van der Waals surface area contributed by atoms with Gasteiger partial charge in [-0.25, -0.2) is 5.43 Å². The zero-order valence-corrected chi connectivity index (χ0v) is 12.1. The third-order valence-corrected chi connectivity index (χ3v) is 2.77. The first-order valence-electron chi connectivity index (χ1n) is 6.46. The number of rotatable bonds is 5. The first-order valence-corrected chi connectivity index (χ1v) is 6.46. The summed E-state index contributed by atoms with van der Waals surface area (Å²) in [6.07, 6.45) is 1.81. The highest BCUT2D eigenvalue weighted by Crippen LogP contribution is 2.25. The maximum atomic E-state index is 11.4. The molecule has 0 bridgehead atoms. The third kappa shape index (κ3) is 4.85. The summed E-state index contributed by atoms with van der Waals surface area (Å²) in [5.41, 5.74) is 1.81. The summed E-state index contributed by atoms with van der Waals surface area (Å²) in [6, 6.07) is 3.46. The summed E-state index contributed by atoms with van der Waals surface area (Å²) in [5, 5.41) is 25.9. The second-order valence-corrected chi connectivity index (χ2v) is 4.49. The van der Waals surface area contributed by atoms with Gasteiger partial charge < -0.3 is 10.4 Å². The normalized spacial score (nSPS) is 11.9. The predicted octanol–water partition coefficient (Wildman–Crippen LogP) is 0.665. The zero-order chi connectivity index (χ0) is 16.7. The summed E-state index contributed by atoms with van der Waals surface area (Å²) < 4.78 is 0. The van der Waals surface area contributed by atoms with E-state index in [1.165, 1.54) is 6.07 Å². The Kier molecular flexibility index (Phi) is 5.99. The number of aromatic hydroxyl groups is 1. The Bertz CT molecular complexity index is 614. The molecule has 0 radical (unpaired) electrons. The number of nitrogens with zero attached hydrogens (tertiary/aromatic N) is 2. The lowest BCUT2D eigenvalue weighted by molar-refractivity contribution is -0.385. The second kappa shape index (κ2) is 7.72. The van der Waals surface area contributed by atoms with Crippen molar-refractivity contribution in [3.63, 3.8) is 0 Å². The van der Waals surface area contributed by atoms with Gasteiger partial charge in [-0.2, -0.15) is 5.10 Å². The van der Waals surface area contributed by atoms with Crippen LogP contribution in [-0.4, -0.2) is 34.1 Å². The van der Waals surface area contributed by atoms with Crippen molar-refractivity contribution in [3.8, 4) is 5.75 Å². The van der Waals surface area contributed by atoms with Crippen LogP contribution in [0.25, 0.3) is 0 Å². The van der Waals surface area contributed by atoms with Gasteiger partial charge in [0.05, 0.1) is 11.1 Å². The number of hydrogen-bond donors (Lipinski definition) is 3. The number of carbonyl (C=O) groups excluding carboxylic acids is 2. The van der Waals surface area contributed by atoms with Crippen molar-refractivity contribution in [2.45, 2.75) is 26.3 Å². The summed E-state index contributed by atoms with van der Waals surface area (Å²) in [4.78, 5) is 32.8. The van der Waals surface area contributed by atoms with E-state index >= 15 is 0 Å². The molecule has 3 N–H and O–H groups in total. The Balaban J connectivity index is 2.66. The molecule has 0 unspecified atom stereocenters. The van der Waals surface area contributed by atoms with Crippen molar-refractivity contribution >= 4 is 23.7 Å². The number of hydrazone groups is 1. The second-order valence-electron chi connectivity index (χ2n) is 4.49. The maximum Gasteiger partial charge on any atom is 0.329 e. The largest absolute Gasteiger partial charge is 0.502 e. The highest BCUT2D eigenvalue weighted by Gasteiger charge is 2.15. The monoisotopic (exact) mass is 308 g/mol. The minimum absolute atomic E-state index is 0.137. The zero-order valence-electron chi connectivity index (χ0n) is 12.1. The number of amides is 2. The molecule has 0 aliphatic carbocycles. The number of benzene rings is 1. The number of carbonyl (C=O) groups is 2. The lowest BCUT2D eigenvalue weighted by Gasteiger charge is -2.09. The van der Waals surface area contributed by atoms with E-state index in [4.69, 9.17) is 0 Å². The van der Waals surface area contributed by atoms with Crippen molar-refractivity contribution in [2.24, 2.45) is 5.10 Å². The van der Waals surface area contributed by atoms with Crippen LogP contribution in [0.5, 0.6) is 5.75 Å². The van der Waals surface area contributed by atoms with Gasteiger partial charge in [0, 0.05) is 17.7 Å². The molecule has 1 rings (SSSR count). The molecule has 9 heteroatoms. The van der Waals surface area contributed by atoms with Gasteiger partial charge in [-0.3, -0.25) is 19.7 Å². The van der Waals surface area contributed by atoms with Gasteiger partial charge in [-0.1, -0.05) is 6.92 Å². The molecule has 0 saturated carbocycles. The van der Waals surface area contributed by atoms with Crippen LogP contribution in [0.3, 0.4) is 0 Å². The van der Waals surface area contributed by atoms with E-state index in [1.54, 1.807) is 6.92 Å². The molecule has 0 heterocycles. The van der Waals surface area contributed by atoms with Crippen molar-refractivity contribution in [2.75, 3.05) is 0 Å². The Morgan fingerprint density at radius 3 is 2.73 bits per heavy atom. The molecule has 22 heavy (non-hydrogen) atoms. The van der Waals surface area contributed by atoms with Crippen LogP contribution in [0.2, 0.25) is 0 Å². The van der Waals surface area contributed by atoms with Gasteiger partial charge in [0.2, 0.25) is 0 Å². The minimum Gasteiger partial charge on any atom is -0.502 e. The summed E-state index contributed by atoms with van der Waals surface area (Å²) in [7, 11) is 0. The fourth-order valence-corrected chi connectivity index (χ4v) is 1.37. The Labute approximate surface area is 126 Å². The molecule has 0 aromatic heterocycles. The van der Waals surface area contributed by atoms with Gasteiger partial charge >= 0.3 is 17.5 Å². The molecule has 9 nitrogen and oxygen atoms in total. The van der Waals surface area contributed by atoms with Crippen molar-refractivity contribution in [1.29, 1.82) is 0 Å². The Morgan fingerprint density at radius 2 is 2.14 bits per heavy atom. The topological polar surface area (TPSA) is 134 Å². The fraction of sp³-hybridized carbons (Fsp3) is 0.308. The van der Waals surface area contributed by atoms with E-state index in [0.29, 0.717) is 6.42 Å². The van der Waals surface area contributed by atoms with Crippen LogP contribution in [0.1, 0.15) is 25.8 Å². The maximum absolute atomic E-state index is 11.4. The van der Waals surface area contributed by atoms with Gasteiger partial charge in [-0.15, -0.1) is 0 Å². The van der Waals surface area contributed by atoms with Gasteiger partial charge in [-0.05, 0) is 25.5 Å². The quantitative estimate of drug-likeness (QED) is 0.318. The van der Waals surface area contributed by atoms with Crippen LogP contribution < -0.4 is 10.7 Å². The third-order valence-electron chi connectivity index (χ3n) is 2.77. The van der Waals surface area contributed by atoms with E-state index < -0.39 is 28.2 Å². The lowest BCUT2D eigenvalue weighted by Crippen LogP contribution is -2.41. The van der Waals surface area contributed by atoms with E-state index in [0.717, 1.165) is 18.3 Å². The van der Waals surface area contributed by atoms with Crippen LogP contribution in [-0.2, 0) is 9.59 Å². The molecular formula is C13H16N4O5. The van der Waals surface area contributed by atoms with Crippen molar-refractivity contribution in [3.05, 3.63) is 33.9 Å². The molecular weight excluding hydrogens is 292 g/mol. The molecule has 1 atom stereocenters. The summed E-state index contributed by atoms with van der Waals surface area (Å²) >= 11 is 0. The number of phenols is 1. The van der Waals surface area contributed by atoms with Crippen LogP contribution in [0.4, 0.5) is 5.69 Å². The standard InChI is InChI=1S/C13H16N4O5/c1-3-8(2)15-12(19)13(20)16-14-7-9-4-5-11(18)10(6-9)17(21)22/h4-8,18H,3H2,1-2H3,(H,15,19)(H,16,20)/b14-7+/t8-/m0/s1. The SMILES string of the molecule is CC[C@H](C)NC(=O)C(=O)N/N=C/c1ccc(O)c([N+](=O)[O-])c1. The predicted molar refractivity (Wildman–Crippen MR) is 78.4 cm³/mol. The summed E-state index contributed by atoms with van der Waals surface area (Å²) in [5.74, 6) is -2.23. The van der Waals surface area contributed by atoms with Crippen LogP contribution in [0, 0.1) is 10.1 Å². The van der Waals surface area contributed by atoms with Crippen molar-refractivity contribution in [1.82, 2.24) is 10.7 Å². The molecule has 0 fully saturated rings. The fourth-order valence-electron chi connectivity index (χ4n) is 1.37. The average molecular weight is 308 g/mol. The van der Waals surface area contributed by atoms with Crippen LogP contribution >= 0.6 is 0 Å². The summed E-state index contributed by atoms with van der Waals surface area (Å²) in [6.45, 7) is 3.61. The van der Waals surface area contributed by atoms with E-state index in [-0.39, 0.29) is 11.6 Å². The number of phenolic OH excluding ortho intramolecular Hbond substituents is 1. The van der Waals surface area contributed by atoms with Gasteiger partial charge in [0.25, 0.3) is 0 Å². The molecule has 0 saturated heterocycles. The number of nitrogens with one attached hydrogen (secondary N) is 2. The smallest absolute Gasteiger partial charge is 0.329 e. The van der Waals surface area contributed by atoms with E-state index in [1.807, 2.05) is 12.3 Å². The van der Waals surface area contributed by atoms with Crippen molar-refractivity contribution < 1.29 is 19.6 Å². The van der Waals surface area contributed by atoms with E-state index in [9.17, 15) is 24.8 Å². The lowest BCUT2D eigenvalue weighted by atomic mass is 10.2. The van der Waals surface area contributed by atoms with E-state index in [2.05, 4.69) is 10.4 Å². The van der Waals surface area contributed by atoms with Gasteiger partial charge in [0.15, 0.2) is 5.75 Å². The first-order chi connectivity index (χ1) is 10.3. The average Bonchev–Trinajstić information content (AvgIpc) is 2.48. The Hall–Kier alpha value is -2.97. The number of nitro benzene ring substituents is 1. The number of hydrogen-bond acceptors (Lipinski definition) is 6. The molecule has 118 valence electrons. The minimum atomic E-state index is -0.940. The van der Waals surface area contributed by atoms with Crippen LogP contribution in [0.15, 0.2) is 23.3 Å². The highest BCUT2D eigenvalue weighted by atomic mass is 16.6. The molecule has 0 aliphatic rings. The molecule has 2 amide bonds. The number of nitro groups is 1. The van der Waals surface area contributed by atoms with Gasteiger partial charge in [0.1, 0.15) is 0 Å². The Morgan fingerprint density at radius 1 is 1.45 bits per heavy atom. The highest BCUT2D eigenvalue weighted by molar-refractivity contribution is 6.35. The molecule has 1 aromatic carbocycles. The molecule has 0 spiro atoms. The molecule has 0 aliphatic heterocycles.